The van der Waals surface area contributed by atoms with Gasteiger partial charge >= 0.3 is 0 Å². The molecule has 3 unspecified atom stereocenters. The molecule has 0 radical (unpaired) electrons. The molecule has 1 N–H and O–H groups in total. The predicted octanol–water partition coefficient (Wildman–Crippen LogP) is 4.24. The summed E-state index contributed by atoms with van der Waals surface area (Å²) in [6.07, 6.45) is 7.15. The molecule has 0 aromatic heterocycles. The van der Waals surface area contributed by atoms with Crippen LogP contribution in [0.25, 0.3) is 0 Å². The van der Waals surface area contributed by atoms with Gasteiger partial charge in [-0.3, -0.25) is 0 Å². The van der Waals surface area contributed by atoms with Gasteiger partial charge in [0.05, 0.1) is 12.0 Å². The first kappa shape index (κ1) is 15.1. The first-order valence-corrected chi connectivity index (χ1v) is 7.99. The summed E-state index contributed by atoms with van der Waals surface area (Å²) in [5, 5.41) is 12.9. The summed E-state index contributed by atoms with van der Waals surface area (Å²) in [6, 6.07) is 13.6. The van der Waals surface area contributed by atoms with E-state index in [0.29, 0.717) is 12.0 Å². The number of nitrogens with zero attached hydrogens (tertiary/aromatic N) is 1. The molecule has 0 saturated heterocycles. The van der Waals surface area contributed by atoms with Crippen LogP contribution < -0.4 is 5.32 Å². The third-order valence-electron chi connectivity index (χ3n) is 4.53. The van der Waals surface area contributed by atoms with E-state index in [1.54, 1.807) is 0 Å². The van der Waals surface area contributed by atoms with Crippen molar-refractivity contribution in [2.75, 3.05) is 6.54 Å². The standard InChI is InChI=1S/C18H26N2/c1-15(16-8-4-2-5-9-16)12-13-20-18-11-7-3-6-10-17(18)14-19/h2,4-5,8-9,15,17-18,20H,3,6-7,10-13H2,1H3. The van der Waals surface area contributed by atoms with E-state index in [1.807, 2.05) is 0 Å². The van der Waals surface area contributed by atoms with Crippen molar-refractivity contribution in [1.29, 1.82) is 5.26 Å². The van der Waals surface area contributed by atoms with Crippen molar-refractivity contribution in [3.05, 3.63) is 35.9 Å². The molecule has 1 aliphatic carbocycles. The van der Waals surface area contributed by atoms with Crippen molar-refractivity contribution in [3.8, 4) is 6.07 Å². The summed E-state index contributed by atoms with van der Waals surface area (Å²) in [5.41, 5.74) is 1.41. The Morgan fingerprint density at radius 2 is 1.95 bits per heavy atom. The minimum Gasteiger partial charge on any atom is -0.313 e. The Kier molecular flexibility index (Phi) is 6.08. The molecule has 0 bridgehead atoms. The zero-order chi connectivity index (χ0) is 14.2. The summed E-state index contributed by atoms with van der Waals surface area (Å²) in [7, 11) is 0. The molecule has 0 spiro atoms. The molecule has 1 fully saturated rings. The second-order valence-electron chi connectivity index (χ2n) is 6.03. The molecule has 20 heavy (non-hydrogen) atoms. The fourth-order valence-corrected chi connectivity index (χ4v) is 3.14. The first-order valence-electron chi connectivity index (χ1n) is 7.99. The number of benzene rings is 1. The van der Waals surface area contributed by atoms with Gasteiger partial charge in [-0.05, 0) is 37.3 Å². The summed E-state index contributed by atoms with van der Waals surface area (Å²) >= 11 is 0. The fourth-order valence-electron chi connectivity index (χ4n) is 3.14. The third-order valence-corrected chi connectivity index (χ3v) is 4.53. The molecule has 2 rings (SSSR count). The third kappa shape index (κ3) is 4.35. The SMILES string of the molecule is CC(CCNC1CCCCCC1C#N)c1ccccc1. The van der Waals surface area contributed by atoms with E-state index in [-0.39, 0.29) is 5.92 Å². The molecule has 108 valence electrons. The van der Waals surface area contributed by atoms with Crippen LogP contribution in [0.3, 0.4) is 0 Å². The molecule has 0 aliphatic heterocycles. The minimum atomic E-state index is 0.213. The summed E-state index contributed by atoms with van der Waals surface area (Å²) in [5.74, 6) is 0.791. The Labute approximate surface area is 123 Å². The first-order chi connectivity index (χ1) is 9.81. The average Bonchev–Trinajstić information content (AvgIpc) is 2.73. The Bertz CT molecular complexity index is 421. The molecule has 0 amide bonds. The zero-order valence-electron chi connectivity index (χ0n) is 12.5. The van der Waals surface area contributed by atoms with Gasteiger partial charge in [-0.15, -0.1) is 0 Å². The van der Waals surface area contributed by atoms with Gasteiger partial charge < -0.3 is 5.32 Å². The van der Waals surface area contributed by atoms with Crippen LogP contribution in [0.4, 0.5) is 0 Å². The molecule has 1 aromatic rings. The van der Waals surface area contributed by atoms with Crippen LogP contribution in [-0.2, 0) is 0 Å². The van der Waals surface area contributed by atoms with Crippen LogP contribution in [0, 0.1) is 17.2 Å². The van der Waals surface area contributed by atoms with Crippen molar-refractivity contribution in [1.82, 2.24) is 5.32 Å². The van der Waals surface area contributed by atoms with Crippen LogP contribution in [0.2, 0.25) is 0 Å². The van der Waals surface area contributed by atoms with Crippen LogP contribution in [0.5, 0.6) is 0 Å². The lowest BCUT2D eigenvalue weighted by atomic mass is 9.95. The van der Waals surface area contributed by atoms with Crippen LogP contribution in [0.15, 0.2) is 30.3 Å². The van der Waals surface area contributed by atoms with E-state index >= 15 is 0 Å². The van der Waals surface area contributed by atoms with Crippen molar-refractivity contribution in [3.63, 3.8) is 0 Å². The minimum absolute atomic E-state index is 0.213. The Morgan fingerprint density at radius 3 is 2.70 bits per heavy atom. The van der Waals surface area contributed by atoms with E-state index in [1.165, 1.54) is 24.8 Å². The lowest BCUT2D eigenvalue weighted by molar-refractivity contribution is 0.388. The molecule has 1 saturated carbocycles. The highest BCUT2D eigenvalue weighted by molar-refractivity contribution is 5.18. The quantitative estimate of drug-likeness (QED) is 0.812. The van der Waals surface area contributed by atoms with Crippen LogP contribution >= 0.6 is 0 Å². The molecule has 1 aromatic carbocycles. The van der Waals surface area contributed by atoms with Crippen LogP contribution in [-0.4, -0.2) is 12.6 Å². The lowest BCUT2D eigenvalue weighted by Crippen LogP contribution is -2.36. The second kappa shape index (κ2) is 8.07. The largest absolute Gasteiger partial charge is 0.313 e. The van der Waals surface area contributed by atoms with Gasteiger partial charge in [-0.2, -0.15) is 5.26 Å². The smallest absolute Gasteiger partial charge is 0.0672 e. The van der Waals surface area contributed by atoms with Gasteiger partial charge in [0.15, 0.2) is 0 Å². The highest BCUT2D eigenvalue weighted by Crippen LogP contribution is 2.23. The molecule has 2 heteroatoms. The van der Waals surface area contributed by atoms with Crippen molar-refractivity contribution >= 4 is 0 Å². The average molecular weight is 270 g/mol. The number of nitrogens with one attached hydrogen (secondary N) is 1. The van der Waals surface area contributed by atoms with Gasteiger partial charge in [0.1, 0.15) is 0 Å². The number of hydrogen-bond donors (Lipinski definition) is 1. The fraction of sp³-hybridized carbons (Fsp3) is 0.611. The van der Waals surface area contributed by atoms with Gasteiger partial charge in [0, 0.05) is 6.04 Å². The molecule has 3 atom stereocenters. The van der Waals surface area contributed by atoms with E-state index in [9.17, 15) is 5.26 Å². The van der Waals surface area contributed by atoms with Gasteiger partial charge in [-0.1, -0.05) is 56.5 Å². The van der Waals surface area contributed by atoms with Crippen molar-refractivity contribution in [2.24, 2.45) is 5.92 Å². The van der Waals surface area contributed by atoms with E-state index in [0.717, 1.165) is 25.8 Å². The Balaban J connectivity index is 1.78. The molecule has 2 nitrogen and oxygen atoms in total. The van der Waals surface area contributed by atoms with E-state index in [2.05, 4.69) is 48.6 Å². The zero-order valence-corrected chi connectivity index (χ0v) is 12.5. The second-order valence-corrected chi connectivity index (χ2v) is 6.03. The van der Waals surface area contributed by atoms with Gasteiger partial charge in [0.25, 0.3) is 0 Å². The lowest BCUT2D eigenvalue weighted by Gasteiger charge is -2.22. The number of hydrogen-bond acceptors (Lipinski definition) is 2. The molecule has 0 heterocycles. The maximum absolute atomic E-state index is 9.28. The number of nitriles is 1. The highest BCUT2D eigenvalue weighted by atomic mass is 14.9. The normalized spacial score (nSPS) is 24.6. The van der Waals surface area contributed by atoms with Crippen LogP contribution in [0.1, 0.15) is 56.9 Å². The molecular formula is C18H26N2. The van der Waals surface area contributed by atoms with Gasteiger partial charge in [-0.25, -0.2) is 0 Å². The maximum Gasteiger partial charge on any atom is 0.0672 e. The number of rotatable bonds is 5. The monoisotopic (exact) mass is 270 g/mol. The van der Waals surface area contributed by atoms with E-state index < -0.39 is 0 Å². The summed E-state index contributed by atoms with van der Waals surface area (Å²) in [4.78, 5) is 0. The maximum atomic E-state index is 9.28. The Morgan fingerprint density at radius 1 is 1.20 bits per heavy atom. The van der Waals surface area contributed by atoms with E-state index in [4.69, 9.17) is 0 Å². The highest BCUT2D eigenvalue weighted by Gasteiger charge is 2.22. The summed E-state index contributed by atoms with van der Waals surface area (Å²) < 4.78 is 0. The molecular weight excluding hydrogens is 244 g/mol. The van der Waals surface area contributed by atoms with Gasteiger partial charge in [0.2, 0.25) is 0 Å². The van der Waals surface area contributed by atoms with Crippen molar-refractivity contribution < 1.29 is 0 Å². The van der Waals surface area contributed by atoms with Crippen molar-refractivity contribution in [2.45, 2.75) is 57.4 Å². The molecule has 1 aliphatic rings. The predicted molar refractivity (Wildman–Crippen MR) is 83.5 cm³/mol. The summed E-state index contributed by atoms with van der Waals surface area (Å²) in [6.45, 7) is 3.30. The Hall–Kier alpha value is -1.33. The topological polar surface area (TPSA) is 35.8 Å².